The van der Waals surface area contributed by atoms with Gasteiger partial charge < -0.3 is 17.0 Å². The Kier molecular flexibility index (Phi) is 4.11. The van der Waals surface area contributed by atoms with Crippen LogP contribution >= 0.6 is 0 Å². The smallest absolute Gasteiger partial charge is 0.209 e. The number of nitriles is 1. The van der Waals surface area contributed by atoms with Crippen molar-refractivity contribution in [3.05, 3.63) is 29.8 Å². The van der Waals surface area contributed by atoms with Crippen molar-refractivity contribution in [1.29, 1.82) is 5.26 Å². The van der Waals surface area contributed by atoms with Gasteiger partial charge in [-0.15, -0.1) is 0 Å². The lowest BCUT2D eigenvalue weighted by Crippen LogP contribution is -3.00. The molecule has 17 heavy (non-hydrogen) atoms. The Morgan fingerprint density at radius 1 is 1.29 bits per heavy atom. The van der Waals surface area contributed by atoms with E-state index in [4.69, 9.17) is 5.26 Å². The van der Waals surface area contributed by atoms with E-state index >= 15 is 0 Å². The van der Waals surface area contributed by atoms with Crippen molar-refractivity contribution in [2.24, 2.45) is 0 Å². The molecule has 2 nitrogen and oxygen atoms in total. The number of para-hydroxylation sites is 1. The minimum atomic E-state index is 0. The molecule has 0 aliphatic carbocycles. The maximum Gasteiger partial charge on any atom is 0.209 e. The van der Waals surface area contributed by atoms with Crippen LogP contribution < -0.4 is 17.0 Å². The molecule has 0 radical (unpaired) electrons. The molecule has 1 aromatic rings. The molecule has 0 amide bonds. The van der Waals surface area contributed by atoms with Gasteiger partial charge in [-0.1, -0.05) is 18.2 Å². The van der Waals surface area contributed by atoms with Gasteiger partial charge in [-0.2, -0.15) is 9.84 Å². The molecule has 3 heteroatoms. The Morgan fingerprint density at radius 2 is 1.94 bits per heavy atom. The summed E-state index contributed by atoms with van der Waals surface area (Å²) < 4.78 is 2.28. The van der Waals surface area contributed by atoms with Crippen LogP contribution in [0.15, 0.2) is 24.3 Å². The van der Waals surface area contributed by atoms with Crippen LogP contribution in [0.1, 0.15) is 32.8 Å². The lowest BCUT2D eigenvalue weighted by atomic mass is 9.82. The third-order valence-electron chi connectivity index (χ3n) is 3.62. The predicted molar refractivity (Wildman–Crippen MR) is 65.2 cm³/mol. The third-order valence-corrected chi connectivity index (χ3v) is 3.62. The lowest BCUT2D eigenvalue weighted by Gasteiger charge is -2.14. The molecule has 1 aliphatic heterocycles. The van der Waals surface area contributed by atoms with Crippen molar-refractivity contribution in [2.45, 2.75) is 32.6 Å². The van der Waals surface area contributed by atoms with E-state index in [1.54, 1.807) is 0 Å². The monoisotopic (exact) mass is 292 g/mol. The topological polar surface area (TPSA) is 26.8 Å². The number of halogens is 1. The molecule has 0 bridgehead atoms. The van der Waals surface area contributed by atoms with E-state index in [2.05, 4.69) is 55.7 Å². The highest BCUT2D eigenvalue weighted by Crippen LogP contribution is 2.38. The van der Waals surface area contributed by atoms with Crippen LogP contribution in [0.2, 0.25) is 0 Å². The maximum absolute atomic E-state index is 8.71. The van der Waals surface area contributed by atoms with Crippen LogP contribution in [0.5, 0.6) is 0 Å². The summed E-state index contributed by atoms with van der Waals surface area (Å²) in [4.78, 5) is 0. The third kappa shape index (κ3) is 2.14. The number of fused-ring (bicyclic) bond motifs is 1. The molecule has 90 valence electrons. The minimum absolute atomic E-state index is 0. The highest BCUT2D eigenvalue weighted by atomic mass is 79.9. The van der Waals surface area contributed by atoms with E-state index in [-0.39, 0.29) is 22.4 Å². The van der Waals surface area contributed by atoms with Crippen LogP contribution in [0.25, 0.3) is 0 Å². The Bertz CT molecular complexity index is 495. The van der Waals surface area contributed by atoms with Gasteiger partial charge in [0, 0.05) is 18.6 Å². The maximum atomic E-state index is 8.71. The van der Waals surface area contributed by atoms with Crippen molar-refractivity contribution in [3.8, 4) is 6.07 Å². The molecule has 0 unspecified atom stereocenters. The number of nitrogens with zero attached hydrogens (tertiary/aromatic N) is 2. The molecule has 0 atom stereocenters. The van der Waals surface area contributed by atoms with Gasteiger partial charge in [-0.05, 0) is 13.8 Å². The molecule has 2 rings (SSSR count). The Balaban J connectivity index is 0.00000144. The average molecular weight is 293 g/mol. The highest BCUT2D eigenvalue weighted by molar-refractivity contribution is 5.93. The molecular formula is C14H17BrN2. The summed E-state index contributed by atoms with van der Waals surface area (Å²) in [6.07, 6.45) is 0.571. The molecular weight excluding hydrogens is 276 g/mol. The SMILES string of the molecule is CC1=[N+](CCC#N)c2ccccc2C1(C)C.[Br-]. The summed E-state index contributed by atoms with van der Waals surface area (Å²) in [7, 11) is 0. The van der Waals surface area contributed by atoms with E-state index in [9.17, 15) is 0 Å². The zero-order chi connectivity index (χ0) is 11.8. The largest absolute Gasteiger partial charge is 1.00 e. The summed E-state index contributed by atoms with van der Waals surface area (Å²) in [5, 5.41) is 8.71. The highest BCUT2D eigenvalue weighted by Gasteiger charge is 2.42. The molecule has 1 aromatic carbocycles. The van der Waals surface area contributed by atoms with Crippen LogP contribution in [-0.4, -0.2) is 16.8 Å². The summed E-state index contributed by atoms with van der Waals surface area (Å²) in [6, 6.07) is 10.7. The Labute approximate surface area is 113 Å². The lowest BCUT2D eigenvalue weighted by molar-refractivity contribution is -0.437. The zero-order valence-corrected chi connectivity index (χ0v) is 12.1. The van der Waals surface area contributed by atoms with E-state index in [1.165, 1.54) is 17.0 Å². The normalized spacial score (nSPS) is 16.1. The molecule has 0 saturated heterocycles. The fourth-order valence-corrected chi connectivity index (χ4v) is 2.40. The van der Waals surface area contributed by atoms with Gasteiger partial charge in [0.1, 0.15) is 0 Å². The van der Waals surface area contributed by atoms with E-state index in [0.717, 1.165) is 6.54 Å². The van der Waals surface area contributed by atoms with Crippen molar-refractivity contribution < 1.29 is 21.6 Å². The first-order chi connectivity index (χ1) is 7.59. The average Bonchev–Trinajstić information content (AvgIpc) is 2.47. The standard InChI is InChI=1S/C14H17N2.BrH/c1-11-14(2,3)12-7-4-5-8-13(12)16(11)10-6-9-15;/h4-5,7-8H,6,10H2,1-3H3;1H/q+1;/p-1. The van der Waals surface area contributed by atoms with E-state index in [1.807, 2.05) is 0 Å². The quantitative estimate of drug-likeness (QED) is 0.705. The van der Waals surface area contributed by atoms with Gasteiger partial charge in [-0.25, -0.2) is 0 Å². The van der Waals surface area contributed by atoms with E-state index < -0.39 is 0 Å². The molecule has 0 fully saturated rings. The van der Waals surface area contributed by atoms with Crippen molar-refractivity contribution >= 4 is 11.4 Å². The fourth-order valence-electron chi connectivity index (χ4n) is 2.40. The van der Waals surface area contributed by atoms with Gasteiger partial charge >= 0.3 is 0 Å². The molecule has 0 spiro atoms. The summed E-state index contributed by atoms with van der Waals surface area (Å²) >= 11 is 0. The van der Waals surface area contributed by atoms with Crippen LogP contribution in [-0.2, 0) is 5.41 Å². The van der Waals surface area contributed by atoms with Crippen LogP contribution in [0.3, 0.4) is 0 Å². The van der Waals surface area contributed by atoms with Gasteiger partial charge in [0.05, 0.1) is 17.9 Å². The molecule has 1 aliphatic rings. The first-order valence-electron chi connectivity index (χ1n) is 5.67. The number of benzene rings is 1. The summed E-state index contributed by atoms with van der Waals surface area (Å²) in [5.74, 6) is 0. The van der Waals surface area contributed by atoms with Gasteiger partial charge in [0.2, 0.25) is 5.69 Å². The number of hydrogen-bond acceptors (Lipinski definition) is 1. The fraction of sp³-hybridized carbons (Fsp3) is 0.429. The summed E-state index contributed by atoms with van der Waals surface area (Å²) in [5.41, 5.74) is 4.06. The first-order valence-corrected chi connectivity index (χ1v) is 5.67. The molecule has 0 saturated carbocycles. The van der Waals surface area contributed by atoms with Gasteiger partial charge in [0.25, 0.3) is 0 Å². The van der Waals surface area contributed by atoms with Crippen molar-refractivity contribution in [3.63, 3.8) is 0 Å². The number of rotatable bonds is 2. The zero-order valence-electron chi connectivity index (χ0n) is 10.5. The summed E-state index contributed by atoms with van der Waals surface area (Å²) in [6.45, 7) is 7.45. The second-order valence-corrected chi connectivity index (χ2v) is 4.79. The first kappa shape index (κ1) is 13.9. The van der Waals surface area contributed by atoms with Gasteiger partial charge in [0.15, 0.2) is 12.3 Å². The minimum Gasteiger partial charge on any atom is -1.00 e. The Morgan fingerprint density at radius 3 is 2.59 bits per heavy atom. The van der Waals surface area contributed by atoms with Gasteiger partial charge in [-0.3, -0.25) is 0 Å². The van der Waals surface area contributed by atoms with Crippen LogP contribution in [0.4, 0.5) is 5.69 Å². The van der Waals surface area contributed by atoms with Crippen LogP contribution in [0, 0.1) is 11.3 Å². The Hall–Kier alpha value is -1.14. The molecule has 0 aromatic heterocycles. The van der Waals surface area contributed by atoms with Crippen molar-refractivity contribution in [1.82, 2.24) is 0 Å². The second kappa shape index (κ2) is 5.01. The molecule has 0 N–H and O–H groups in total. The van der Waals surface area contributed by atoms with Crippen molar-refractivity contribution in [2.75, 3.05) is 6.54 Å². The predicted octanol–water partition coefficient (Wildman–Crippen LogP) is 0.000380. The molecule has 1 heterocycles. The number of hydrogen-bond donors (Lipinski definition) is 0. The van der Waals surface area contributed by atoms with E-state index in [0.29, 0.717) is 6.42 Å². The second-order valence-electron chi connectivity index (χ2n) is 4.79.